The summed E-state index contributed by atoms with van der Waals surface area (Å²) in [6.07, 6.45) is 1.52. The van der Waals surface area contributed by atoms with Crippen LogP contribution in [0.15, 0.2) is 78.4 Å². The first kappa shape index (κ1) is 20.4. The van der Waals surface area contributed by atoms with Crippen molar-refractivity contribution in [3.05, 3.63) is 101 Å². The van der Waals surface area contributed by atoms with Crippen LogP contribution < -0.4 is 9.47 Å². The molecule has 0 saturated carbocycles. The molecule has 0 amide bonds. The van der Waals surface area contributed by atoms with Crippen LogP contribution in [-0.2, 0) is 6.61 Å². The van der Waals surface area contributed by atoms with Gasteiger partial charge in [-0.3, -0.25) is 4.79 Å². The number of nitriles is 2. The van der Waals surface area contributed by atoms with E-state index >= 15 is 0 Å². The van der Waals surface area contributed by atoms with Gasteiger partial charge in [-0.2, -0.15) is 10.5 Å². The summed E-state index contributed by atoms with van der Waals surface area (Å²) in [6, 6.07) is 25.1. The first-order chi connectivity index (χ1) is 14.7. The Bertz CT molecular complexity index is 1170. The quantitative estimate of drug-likeness (QED) is 0.322. The molecule has 0 saturated heterocycles. The number of carbonyl (C=O) groups is 1. The third-order valence-electron chi connectivity index (χ3n) is 4.42. The molecular weight excluding hydrogens is 376 g/mol. The fourth-order valence-electron chi connectivity index (χ4n) is 2.86. The number of ether oxygens (including phenoxy) is 2. The molecule has 0 unspecified atom stereocenters. The highest BCUT2D eigenvalue weighted by molar-refractivity contribution is 6.14. The highest BCUT2D eigenvalue weighted by atomic mass is 16.5. The first-order valence-corrected chi connectivity index (χ1v) is 9.16. The van der Waals surface area contributed by atoms with E-state index in [0.29, 0.717) is 28.2 Å². The molecule has 3 aromatic carbocycles. The van der Waals surface area contributed by atoms with Crippen molar-refractivity contribution in [1.82, 2.24) is 0 Å². The number of nitrogens with zero attached hydrogens (tertiary/aromatic N) is 2. The van der Waals surface area contributed by atoms with E-state index in [-0.39, 0.29) is 18.0 Å². The predicted molar refractivity (Wildman–Crippen MR) is 113 cm³/mol. The van der Waals surface area contributed by atoms with Gasteiger partial charge in [-0.05, 0) is 29.8 Å². The minimum atomic E-state index is -0.342. The molecule has 3 rings (SSSR count). The van der Waals surface area contributed by atoms with Crippen molar-refractivity contribution in [2.24, 2.45) is 0 Å². The maximum Gasteiger partial charge on any atom is 0.203 e. The SMILES string of the molecule is COc1cc(/C=C(\C#N)C(=O)c2ccccc2)ccc1OCc1ccccc1C#N. The van der Waals surface area contributed by atoms with Crippen molar-refractivity contribution in [2.75, 3.05) is 7.11 Å². The van der Waals surface area contributed by atoms with Crippen molar-refractivity contribution in [3.8, 4) is 23.6 Å². The van der Waals surface area contributed by atoms with Crippen LogP contribution in [0.4, 0.5) is 0 Å². The Kier molecular flexibility index (Phi) is 6.61. The zero-order chi connectivity index (χ0) is 21.3. The average molecular weight is 394 g/mol. The molecule has 0 bridgehead atoms. The van der Waals surface area contributed by atoms with Crippen molar-refractivity contribution < 1.29 is 14.3 Å². The monoisotopic (exact) mass is 394 g/mol. The van der Waals surface area contributed by atoms with E-state index in [1.54, 1.807) is 54.6 Å². The van der Waals surface area contributed by atoms with Gasteiger partial charge in [0.1, 0.15) is 18.2 Å². The van der Waals surface area contributed by atoms with Crippen LogP contribution in [0.3, 0.4) is 0 Å². The molecule has 5 nitrogen and oxygen atoms in total. The second kappa shape index (κ2) is 9.73. The van der Waals surface area contributed by atoms with Crippen molar-refractivity contribution in [2.45, 2.75) is 6.61 Å². The Labute approximate surface area is 175 Å². The Balaban J connectivity index is 1.83. The number of carbonyl (C=O) groups excluding carboxylic acids is 1. The van der Waals surface area contributed by atoms with Crippen LogP contribution in [0, 0.1) is 22.7 Å². The van der Waals surface area contributed by atoms with Crippen LogP contribution in [0.5, 0.6) is 11.5 Å². The number of methoxy groups -OCH3 is 1. The topological polar surface area (TPSA) is 83.1 Å². The first-order valence-electron chi connectivity index (χ1n) is 9.16. The molecule has 3 aromatic rings. The van der Waals surface area contributed by atoms with Gasteiger partial charge in [-0.25, -0.2) is 0 Å². The lowest BCUT2D eigenvalue weighted by Gasteiger charge is -2.12. The van der Waals surface area contributed by atoms with Crippen LogP contribution in [-0.4, -0.2) is 12.9 Å². The van der Waals surface area contributed by atoms with E-state index in [1.807, 2.05) is 24.3 Å². The van der Waals surface area contributed by atoms with Gasteiger partial charge in [0.15, 0.2) is 11.5 Å². The Morgan fingerprint density at radius 3 is 2.40 bits per heavy atom. The fraction of sp³-hybridized carbons (Fsp3) is 0.0800. The summed E-state index contributed by atoms with van der Waals surface area (Å²) in [6.45, 7) is 0.214. The summed E-state index contributed by atoms with van der Waals surface area (Å²) in [4.78, 5) is 12.5. The maximum absolute atomic E-state index is 12.5. The van der Waals surface area contributed by atoms with Gasteiger partial charge in [0.25, 0.3) is 0 Å². The molecule has 0 aliphatic rings. The molecule has 0 radical (unpaired) electrons. The normalized spacial score (nSPS) is 10.6. The van der Waals surface area contributed by atoms with E-state index in [4.69, 9.17) is 9.47 Å². The van der Waals surface area contributed by atoms with Gasteiger partial charge < -0.3 is 9.47 Å². The smallest absolute Gasteiger partial charge is 0.203 e. The molecule has 0 aromatic heterocycles. The number of benzene rings is 3. The van der Waals surface area contributed by atoms with E-state index < -0.39 is 0 Å². The van der Waals surface area contributed by atoms with Crippen molar-refractivity contribution >= 4 is 11.9 Å². The molecule has 0 spiro atoms. The lowest BCUT2D eigenvalue weighted by molar-refractivity contribution is 0.104. The number of hydrogen-bond donors (Lipinski definition) is 0. The average Bonchev–Trinajstić information content (AvgIpc) is 2.81. The zero-order valence-electron chi connectivity index (χ0n) is 16.3. The number of ketones is 1. The molecule has 146 valence electrons. The largest absolute Gasteiger partial charge is 0.493 e. The van der Waals surface area contributed by atoms with Crippen molar-refractivity contribution in [3.63, 3.8) is 0 Å². The summed E-state index contributed by atoms with van der Waals surface area (Å²) in [7, 11) is 1.51. The van der Waals surface area contributed by atoms with Crippen molar-refractivity contribution in [1.29, 1.82) is 10.5 Å². The third-order valence-corrected chi connectivity index (χ3v) is 4.42. The van der Waals surface area contributed by atoms with Gasteiger partial charge in [-0.15, -0.1) is 0 Å². The summed E-state index contributed by atoms with van der Waals surface area (Å²) in [5.41, 5.74) is 2.44. The highest BCUT2D eigenvalue weighted by Gasteiger charge is 2.13. The molecule has 0 aliphatic heterocycles. The van der Waals surface area contributed by atoms with Gasteiger partial charge in [0.2, 0.25) is 5.78 Å². The Hall–Kier alpha value is -4.35. The standard InChI is InChI=1S/C25H18N2O3/c1-29-24-14-18(13-22(16-27)25(28)19-7-3-2-4-8-19)11-12-23(24)30-17-21-10-6-5-9-20(21)15-26/h2-14H,17H2,1H3/b22-13+. The lowest BCUT2D eigenvalue weighted by atomic mass is 10.0. The second-order valence-corrected chi connectivity index (χ2v) is 6.33. The van der Waals surface area contributed by atoms with Gasteiger partial charge >= 0.3 is 0 Å². The molecule has 30 heavy (non-hydrogen) atoms. The van der Waals surface area contributed by atoms with E-state index in [9.17, 15) is 15.3 Å². The van der Waals surface area contributed by atoms with Crippen LogP contribution in [0.2, 0.25) is 0 Å². The Morgan fingerprint density at radius 1 is 0.967 bits per heavy atom. The molecule has 0 fully saturated rings. The zero-order valence-corrected chi connectivity index (χ0v) is 16.3. The lowest BCUT2D eigenvalue weighted by Crippen LogP contribution is -2.02. The summed E-state index contributed by atoms with van der Waals surface area (Å²) < 4.78 is 11.2. The number of rotatable bonds is 7. The van der Waals surface area contributed by atoms with Gasteiger partial charge in [0, 0.05) is 11.1 Å². The highest BCUT2D eigenvalue weighted by Crippen LogP contribution is 2.30. The summed E-state index contributed by atoms with van der Waals surface area (Å²) in [5, 5.41) is 18.6. The summed E-state index contributed by atoms with van der Waals surface area (Å²) >= 11 is 0. The van der Waals surface area contributed by atoms with E-state index in [1.165, 1.54) is 13.2 Å². The second-order valence-electron chi connectivity index (χ2n) is 6.33. The molecule has 0 atom stereocenters. The molecule has 5 heteroatoms. The predicted octanol–water partition coefficient (Wildman–Crippen LogP) is 4.94. The Morgan fingerprint density at radius 2 is 1.70 bits per heavy atom. The molecule has 0 N–H and O–H groups in total. The minimum Gasteiger partial charge on any atom is -0.493 e. The fourth-order valence-corrected chi connectivity index (χ4v) is 2.86. The third kappa shape index (κ3) is 4.73. The molecular formula is C25H18N2O3. The van der Waals surface area contributed by atoms with E-state index in [2.05, 4.69) is 6.07 Å². The molecule has 0 heterocycles. The van der Waals surface area contributed by atoms with Crippen LogP contribution in [0.1, 0.15) is 27.0 Å². The molecule has 0 aliphatic carbocycles. The number of hydrogen-bond acceptors (Lipinski definition) is 5. The van der Waals surface area contributed by atoms with Crippen LogP contribution >= 0.6 is 0 Å². The van der Waals surface area contributed by atoms with Gasteiger partial charge in [-0.1, -0.05) is 54.6 Å². The summed E-state index contributed by atoms with van der Waals surface area (Å²) in [5.74, 6) is 0.614. The number of allylic oxidation sites excluding steroid dienone is 1. The van der Waals surface area contributed by atoms with Crippen LogP contribution in [0.25, 0.3) is 6.08 Å². The van der Waals surface area contributed by atoms with E-state index in [0.717, 1.165) is 5.56 Å². The number of Topliss-reactive ketones (excluding diaryl/α,β-unsaturated/α-hetero) is 1. The maximum atomic E-state index is 12.5. The minimum absolute atomic E-state index is 0.0277. The van der Waals surface area contributed by atoms with Gasteiger partial charge in [0.05, 0.1) is 18.7 Å².